The molecule has 2 N–H and O–H groups in total. The first-order valence-electron chi connectivity index (χ1n) is 7.19. The molecule has 0 aliphatic rings. The Kier molecular flexibility index (Phi) is 6.49. The average molecular weight is 343 g/mol. The Morgan fingerprint density at radius 1 is 1.26 bits per heavy atom. The van der Waals surface area contributed by atoms with E-state index in [2.05, 4.69) is 10.1 Å². The minimum absolute atomic E-state index is 0.136. The Morgan fingerprint density at radius 2 is 2.00 bits per heavy atom. The summed E-state index contributed by atoms with van der Waals surface area (Å²) >= 11 is 1.36. The minimum Gasteiger partial charge on any atom is -0.395 e. The van der Waals surface area contributed by atoms with Crippen molar-refractivity contribution in [1.29, 1.82) is 0 Å². The van der Waals surface area contributed by atoms with E-state index in [4.69, 9.17) is 0 Å². The first kappa shape index (κ1) is 17.8. The van der Waals surface area contributed by atoms with Crippen molar-refractivity contribution in [2.24, 2.45) is 0 Å². The van der Waals surface area contributed by atoms with Crippen LogP contribution in [0.2, 0.25) is 0 Å². The van der Waals surface area contributed by atoms with Gasteiger partial charge in [0, 0.05) is 17.2 Å². The van der Waals surface area contributed by atoms with Crippen molar-refractivity contribution in [1.82, 2.24) is 14.8 Å². The van der Waals surface area contributed by atoms with Gasteiger partial charge in [-0.05, 0) is 11.6 Å². The molecule has 1 aromatic carbocycles. The van der Waals surface area contributed by atoms with Gasteiger partial charge >= 0.3 is 0 Å². The van der Waals surface area contributed by atoms with E-state index in [1.54, 1.807) is 4.68 Å². The number of aromatic nitrogens is 3. The van der Waals surface area contributed by atoms with E-state index in [9.17, 15) is 19.0 Å². The molecule has 0 unspecified atom stereocenters. The Labute approximate surface area is 137 Å². The summed E-state index contributed by atoms with van der Waals surface area (Å²) in [6.45, 7) is 1.90. The molecule has 2 aromatic rings. The van der Waals surface area contributed by atoms with Crippen molar-refractivity contribution in [2.75, 3.05) is 13.2 Å². The summed E-state index contributed by atoms with van der Waals surface area (Å²) in [6, 6.07) is 3.51. The zero-order valence-electron chi connectivity index (χ0n) is 12.6. The number of benzene rings is 1. The summed E-state index contributed by atoms with van der Waals surface area (Å²) in [7, 11) is 0. The third-order valence-electron chi connectivity index (χ3n) is 3.59. The van der Waals surface area contributed by atoms with Gasteiger partial charge in [0.25, 0.3) is 0 Å². The van der Waals surface area contributed by atoms with Gasteiger partial charge in [-0.2, -0.15) is 5.10 Å². The predicted octanol–water partition coefficient (Wildman–Crippen LogP) is 1.81. The van der Waals surface area contributed by atoms with Crippen LogP contribution in [0.1, 0.15) is 18.4 Å². The zero-order chi connectivity index (χ0) is 16.8. The number of rotatable bonds is 8. The topological polar surface area (TPSA) is 71.2 Å². The molecule has 2 atom stereocenters. The van der Waals surface area contributed by atoms with Crippen LogP contribution in [0.5, 0.6) is 0 Å². The SMILES string of the molecule is C[C@@H](SC(CO)CO)[C@H](Cn1cncn1)c1ccc(F)cc1F. The molecule has 8 heteroatoms. The van der Waals surface area contributed by atoms with Gasteiger partial charge in [-0.25, -0.2) is 13.8 Å². The van der Waals surface area contributed by atoms with E-state index in [1.807, 2.05) is 6.92 Å². The normalized spacial score (nSPS) is 14.2. The first-order chi connectivity index (χ1) is 11.0. The van der Waals surface area contributed by atoms with E-state index < -0.39 is 11.6 Å². The molecule has 0 aliphatic heterocycles. The highest BCUT2D eigenvalue weighted by atomic mass is 32.2. The smallest absolute Gasteiger partial charge is 0.137 e. The summed E-state index contributed by atoms with van der Waals surface area (Å²) < 4.78 is 28.9. The molecule has 1 aromatic heterocycles. The van der Waals surface area contributed by atoms with Crippen molar-refractivity contribution in [3.05, 3.63) is 48.1 Å². The molecule has 0 fully saturated rings. The van der Waals surface area contributed by atoms with Gasteiger partial charge in [0.15, 0.2) is 0 Å². The molecule has 0 radical (unpaired) electrons. The van der Waals surface area contributed by atoms with E-state index in [0.717, 1.165) is 6.07 Å². The fourth-order valence-corrected chi connectivity index (χ4v) is 3.57. The highest BCUT2D eigenvalue weighted by Gasteiger charge is 2.26. The third kappa shape index (κ3) is 4.73. The summed E-state index contributed by atoms with van der Waals surface area (Å²) in [4.78, 5) is 3.87. The lowest BCUT2D eigenvalue weighted by Gasteiger charge is -2.27. The van der Waals surface area contributed by atoms with Crippen LogP contribution >= 0.6 is 11.8 Å². The van der Waals surface area contributed by atoms with Crippen molar-refractivity contribution in [3.8, 4) is 0 Å². The van der Waals surface area contributed by atoms with Gasteiger partial charge < -0.3 is 10.2 Å². The monoisotopic (exact) mass is 343 g/mol. The largest absolute Gasteiger partial charge is 0.395 e. The fourth-order valence-electron chi connectivity index (χ4n) is 2.37. The number of thioether (sulfide) groups is 1. The van der Waals surface area contributed by atoms with Gasteiger partial charge in [0.1, 0.15) is 24.3 Å². The number of halogens is 2. The van der Waals surface area contributed by atoms with Crippen LogP contribution in [0.25, 0.3) is 0 Å². The highest BCUT2D eigenvalue weighted by molar-refractivity contribution is 8.00. The van der Waals surface area contributed by atoms with E-state index in [1.165, 1.54) is 36.5 Å². The molecule has 126 valence electrons. The lowest BCUT2D eigenvalue weighted by molar-refractivity contribution is 0.228. The number of hydrogen-bond donors (Lipinski definition) is 2. The maximum absolute atomic E-state index is 14.2. The van der Waals surface area contributed by atoms with Gasteiger partial charge in [-0.15, -0.1) is 11.8 Å². The number of aliphatic hydroxyl groups excluding tert-OH is 2. The summed E-state index contributed by atoms with van der Waals surface area (Å²) in [5, 5.41) is 22.0. The summed E-state index contributed by atoms with van der Waals surface area (Å²) in [6.07, 6.45) is 2.92. The van der Waals surface area contributed by atoms with E-state index in [0.29, 0.717) is 12.1 Å². The second-order valence-corrected chi connectivity index (χ2v) is 6.90. The van der Waals surface area contributed by atoms with Crippen molar-refractivity contribution >= 4 is 11.8 Å². The average Bonchev–Trinajstić information content (AvgIpc) is 3.04. The number of nitrogens with zero attached hydrogens (tertiary/aromatic N) is 3. The Balaban J connectivity index is 2.27. The molecule has 0 saturated carbocycles. The minimum atomic E-state index is -0.630. The Bertz CT molecular complexity index is 609. The Morgan fingerprint density at radius 3 is 2.57 bits per heavy atom. The fraction of sp³-hybridized carbons (Fsp3) is 0.467. The lowest BCUT2D eigenvalue weighted by atomic mass is 9.95. The van der Waals surface area contributed by atoms with Crippen molar-refractivity contribution in [2.45, 2.75) is 29.9 Å². The van der Waals surface area contributed by atoms with E-state index in [-0.39, 0.29) is 29.6 Å². The lowest BCUT2D eigenvalue weighted by Crippen LogP contribution is -2.25. The van der Waals surface area contributed by atoms with Crippen LogP contribution in [-0.4, -0.2) is 48.7 Å². The van der Waals surface area contributed by atoms with E-state index >= 15 is 0 Å². The predicted molar refractivity (Wildman–Crippen MR) is 84.1 cm³/mol. The third-order valence-corrected chi connectivity index (χ3v) is 5.03. The van der Waals surface area contributed by atoms with Crippen LogP contribution in [0.4, 0.5) is 8.78 Å². The molecular formula is C15H19F2N3O2S. The maximum atomic E-state index is 14.2. The molecule has 0 bridgehead atoms. The molecule has 0 amide bonds. The number of hydrogen-bond acceptors (Lipinski definition) is 5. The van der Waals surface area contributed by atoms with Crippen LogP contribution in [-0.2, 0) is 6.54 Å². The van der Waals surface area contributed by atoms with Crippen LogP contribution in [0.3, 0.4) is 0 Å². The zero-order valence-corrected chi connectivity index (χ0v) is 13.5. The van der Waals surface area contributed by atoms with Gasteiger partial charge in [0.2, 0.25) is 0 Å². The van der Waals surface area contributed by atoms with Crippen molar-refractivity contribution in [3.63, 3.8) is 0 Å². The molecule has 0 spiro atoms. The summed E-state index contributed by atoms with van der Waals surface area (Å²) in [5.74, 6) is -1.57. The molecular weight excluding hydrogens is 324 g/mol. The highest BCUT2D eigenvalue weighted by Crippen LogP contribution is 2.33. The quantitative estimate of drug-likeness (QED) is 0.765. The molecule has 0 saturated heterocycles. The molecule has 5 nitrogen and oxygen atoms in total. The molecule has 2 rings (SSSR count). The van der Waals surface area contributed by atoms with Gasteiger partial charge in [0.05, 0.1) is 25.0 Å². The molecule has 0 aliphatic carbocycles. The van der Waals surface area contributed by atoms with Gasteiger partial charge in [-0.1, -0.05) is 13.0 Å². The van der Waals surface area contributed by atoms with Gasteiger partial charge in [-0.3, -0.25) is 4.68 Å². The number of aliphatic hydroxyl groups is 2. The van der Waals surface area contributed by atoms with Crippen LogP contribution in [0.15, 0.2) is 30.9 Å². The summed E-state index contributed by atoms with van der Waals surface area (Å²) in [5.41, 5.74) is 0.372. The van der Waals surface area contributed by atoms with Crippen LogP contribution < -0.4 is 0 Å². The molecule has 23 heavy (non-hydrogen) atoms. The Hall–Kier alpha value is -1.51. The van der Waals surface area contributed by atoms with Crippen LogP contribution in [0, 0.1) is 11.6 Å². The maximum Gasteiger partial charge on any atom is 0.137 e. The second kappa shape index (κ2) is 8.37. The first-order valence-corrected chi connectivity index (χ1v) is 8.14. The second-order valence-electron chi connectivity index (χ2n) is 5.22. The van der Waals surface area contributed by atoms with Crippen molar-refractivity contribution < 1.29 is 19.0 Å². The molecule has 1 heterocycles. The standard InChI is InChI=1S/C15H19F2N3O2S/c1-10(23-12(6-21)7-22)14(5-20-9-18-8-19-20)13-3-2-11(16)4-15(13)17/h2-4,8-10,12,14,21-22H,5-7H2,1H3/t10-,14+/m1/s1.